The molecule has 0 saturated carbocycles. The summed E-state index contributed by atoms with van der Waals surface area (Å²) < 4.78 is 36.1. The summed E-state index contributed by atoms with van der Waals surface area (Å²) in [5, 5.41) is 4.68. The molecule has 9 heteroatoms. The van der Waals surface area contributed by atoms with Crippen LogP contribution in [-0.4, -0.2) is 25.8 Å². The molecular weight excluding hydrogens is 560 g/mol. The number of esters is 1. The van der Waals surface area contributed by atoms with Crippen LogP contribution < -0.4 is 9.47 Å². The van der Waals surface area contributed by atoms with Crippen LogP contribution in [0.1, 0.15) is 40.2 Å². The third kappa shape index (κ3) is 3.90. The van der Waals surface area contributed by atoms with Gasteiger partial charge in [-0.2, -0.15) is 0 Å². The zero-order chi connectivity index (χ0) is 26.7. The van der Waals surface area contributed by atoms with Crippen LogP contribution in [-0.2, 0) is 4.74 Å². The van der Waals surface area contributed by atoms with E-state index in [1.54, 1.807) is 40.9 Å². The quantitative estimate of drug-likeness (QED) is 0.175. The molecule has 0 bridgehead atoms. The maximum atomic E-state index is 15.6. The van der Waals surface area contributed by atoms with Gasteiger partial charge >= 0.3 is 5.97 Å². The fraction of sp³-hybridized carbons (Fsp3) is 0.276. The molecule has 0 spiro atoms. The van der Waals surface area contributed by atoms with Gasteiger partial charge in [0, 0.05) is 40.9 Å². The van der Waals surface area contributed by atoms with Gasteiger partial charge in [-0.15, -0.1) is 45.3 Å². The molecule has 2 aromatic carbocycles. The molecule has 0 fully saturated rings. The Labute approximate surface area is 235 Å². The summed E-state index contributed by atoms with van der Waals surface area (Å²) in [6.45, 7) is 11.1. The van der Waals surface area contributed by atoms with Crippen LogP contribution in [0.3, 0.4) is 0 Å². The molecule has 4 nitrogen and oxygen atoms in total. The van der Waals surface area contributed by atoms with Crippen molar-refractivity contribution in [2.24, 2.45) is 0 Å². The van der Waals surface area contributed by atoms with Gasteiger partial charge in [-0.3, -0.25) is 0 Å². The summed E-state index contributed by atoms with van der Waals surface area (Å²) in [7, 11) is 0. The second-order valence-electron chi connectivity index (χ2n) is 8.83. The Kier molecular flexibility index (Phi) is 6.58. The smallest absolute Gasteiger partial charge is 0.351 e. The highest BCUT2D eigenvalue weighted by molar-refractivity contribution is 7.30. The molecule has 4 aromatic heterocycles. The van der Waals surface area contributed by atoms with E-state index in [2.05, 4.69) is 31.2 Å². The molecule has 0 aliphatic rings. The lowest BCUT2D eigenvalue weighted by Gasteiger charge is -2.14. The number of ether oxygens (including phenoxy) is 3. The number of hydrogen-bond donors (Lipinski definition) is 0. The molecule has 0 N–H and O–H groups in total. The number of rotatable bonds is 7. The van der Waals surface area contributed by atoms with Crippen molar-refractivity contribution < 1.29 is 23.4 Å². The first-order chi connectivity index (χ1) is 18.4. The number of halogens is 1. The number of carbonyl (C=O) groups is 1. The highest BCUT2D eigenvalue weighted by Gasteiger charge is 2.26. The van der Waals surface area contributed by atoms with Crippen LogP contribution in [0.4, 0.5) is 4.39 Å². The minimum Gasteiger partial charge on any atom is -0.493 e. The van der Waals surface area contributed by atoms with Crippen LogP contribution in [0, 0.1) is 19.7 Å². The predicted molar refractivity (Wildman–Crippen MR) is 161 cm³/mol. The first-order valence-corrected chi connectivity index (χ1v) is 15.7. The molecule has 38 heavy (non-hydrogen) atoms. The Morgan fingerprint density at radius 2 is 1.55 bits per heavy atom. The van der Waals surface area contributed by atoms with E-state index in [0.29, 0.717) is 18.6 Å². The van der Waals surface area contributed by atoms with Crippen molar-refractivity contribution in [3.05, 3.63) is 44.7 Å². The molecule has 196 valence electrons. The van der Waals surface area contributed by atoms with Crippen molar-refractivity contribution in [1.82, 2.24) is 0 Å². The summed E-state index contributed by atoms with van der Waals surface area (Å²) in [5.74, 6) is 0.662. The third-order valence-electron chi connectivity index (χ3n) is 6.37. The minimum absolute atomic E-state index is 0.0407. The van der Waals surface area contributed by atoms with E-state index in [-0.39, 0.29) is 11.5 Å². The zero-order valence-corrected chi connectivity index (χ0v) is 24.8. The molecule has 0 aliphatic heterocycles. The number of carbonyl (C=O) groups excluding carboxylic acids is 1. The van der Waals surface area contributed by atoms with Crippen LogP contribution in [0.2, 0.25) is 0 Å². The van der Waals surface area contributed by atoms with Crippen molar-refractivity contribution >= 4 is 92.3 Å². The van der Waals surface area contributed by atoms with Gasteiger partial charge in [0.05, 0.1) is 34.1 Å². The van der Waals surface area contributed by atoms with Crippen LogP contribution in [0.15, 0.2) is 24.3 Å². The number of thiophene rings is 4. The number of aryl methyl sites for hydroxylation is 2. The van der Waals surface area contributed by atoms with Crippen LogP contribution in [0.25, 0.3) is 50.8 Å². The molecule has 6 rings (SSSR count). The van der Waals surface area contributed by atoms with Crippen molar-refractivity contribution in [3.63, 3.8) is 0 Å². The first kappa shape index (κ1) is 25.6. The van der Waals surface area contributed by atoms with Crippen LogP contribution >= 0.6 is 45.3 Å². The number of benzene rings is 2. The van der Waals surface area contributed by atoms with Gasteiger partial charge in [-0.05, 0) is 64.3 Å². The second kappa shape index (κ2) is 9.79. The Morgan fingerprint density at radius 3 is 2.29 bits per heavy atom. The molecule has 0 unspecified atom stereocenters. The second-order valence-corrected chi connectivity index (χ2v) is 13.4. The Morgan fingerprint density at radius 1 is 0.816 bits per heavy atom. The third-order valence-corrected chi connectivity index (χ3v) is 11.2. The van der Waals surface area contributed by atoms with Gasteiger partial charge in [-0.1, -0.05) is 0 Å². The van der Waals surface area contributed by atoms with E-state index in [1.165, 1.54) is 16.2 Å². The SMILES string of the molecule is CCOC(=O)c1sc2c(C)sc(-c3cc4cc5c(OCC)c6sc(C)cc6c(OCC)c5cc4s3)c2c1F. The minimum atomic E-state index is -0.605. The lowest BCUT2D eigenvalue weighted by molar-refractivity contribution is 0.0527. The van der Waals surface area contributed by atoms with E-state index in [9.17, 15) is 4.79 Å². The predicted octanol–water partition coefficient (Wildman–Crippen LogP) is 9.94. The largest absolute Gasteiger partial charge is 0.493 e. The molecule has 0 atom stereocenters. The van der Waals surface area contributed by atoms with Gasteiger partial charge < -0.3 is 14.2 Å². The van der Waals surface area contributed by atoms with Gasteiger partial charge in [-0.25, -0.2) is 9.18 Å². The summed E-state index contributed by atoms with van der Waals surface area (Å²) in [6, 6.07) is 8.62. The maximum absolute atomic E-state index is 15.6. The normalized spacial score (nSPS) is 11.8. The highest BCUT2D eigenvalue weighted by atomic mass is 32.1. The van der Waals surface area contributed by atoms with Crippen molar-refractivity contribution in [3.8, 4) is 21.3 Å². The zero-order valence-electron chi connectivity index (χ0n) is 21.6. The summed E-state index contributed by atoms with van der Waals surface area (Å²) in [6.07, 6.45) is 0. The maximum Gasteiger partial charge on any atom is 0.351 e. The van der Waals surface area contributed by atoms with Crippen molar-refractivity contribution in [2.75, 3.05) is 19.8 Å². The number of fused-ring (bicyclic) bond motifs is 4. The molecule has 0 saturated heterocycles. The van der Waals surface area contributed by atoms with Crippen LogP contribution in [0.5, 0.6) is 11.5 Å². The van der Waals surface area contributed by atoms with E-state index >= 15 is 4.39 Å². The molecule has 0 radical (unpaired) electrons. The van der Waals surface area contributed by atoms with Gasteiger partial charge in [0.15, 0.2) is 5.82 Å². The first-order valence-electron chi connectivity index (χ1n) is 12.4. The van der Waals surface area contributed by atoms with Crippen molar-refractivity contribution in [1.29, 1.82) is 0 Å². The fourth-order valence-electron chi connectivity index (χ4n) is 4.89. The molecule has 6 aromatic rings. The monoisotopic (exact) mass is 584 g/mol. The lowest BCUT2D eigenvalue weighted by atomic mass is 10.0. The number of hydrogen-bond acceptors (Lipinski definition) is 8. The van der Waals surface area contributed by atoms with E-state index < -0.39 is 11.8 Å². The highest BCUT2D eigenvalue weighted by Crippen LogP contribution is 2.51. The molecule has 0 amide bonds. The Balaban J connectivity index is 1.60. The lowest BCUT2D eigenvalue weighted by Crippen LogP contribution is -2.03. The summed E-state index contributed by atoms with van der Waals surface area (Å²) in [5.41, 5.74) is 0. The summed E-state index contributed by atoms with van der Waals surface area (Å²) >= 11 is 6.08. The molecule has 4 heterocycles. The van der Waals surface area contributed by atoms with E-state index in [4.69, 9.17) is 14.2 Å². The van der Waals surface area contributed by atoms with Gasteiger partial charge in [0.1, 0.15) is 16.4 Å². The van der Waals surface area contributed by atoms with E-state index in [0.717, 1.165) is 61.8 Å². The van der Waals surface area contributed by atoms with Gasteiger partial charge in [0.2, 0.25) is 0 Å². The molecular formula is C29H25FO4S4. The summed E-state index contributed by atoms with van der Waals surface area (Å²) in [4.78, 5) is 16.4. The average Bonchev–Trinajstić information content (AvgIpc) is 3.63. The van der Waals surface area contributed by atoms with Crippen molar-refractivity contribution in [2.45, 2.75) is 34.6 Å². The Hall–Kier alpha value is -2.72. The van der Waals surface area contributed by atoms with E-state index in [1.807, 2.05) is 20.8 Å². The standard InChI is InChI=1S/C29H25FO4S4/c1-6-32-23-17-12-19-15(10-16(17)24(33-7-2)26-18(23)9-13(4)35-26)11-20(37-19)27-21-22(30)28(29(31)34-8-3)38-25(21)14(5)36-27/h9-12H,6-8H2,1-5H3. The Bertz CT molecular complexity index is 1790. The fourth-order valence-corrected chi connectivity index (χ4v) is 9.44. The average molecular weight is 585 g/mol. The topological polar surface area (TPSA) is 44.8 Å². The molecule has 0 aliphatic carbocycles. The van der Waals surface area contributed by atoms with Gasteiger partial charge in [0.25, 0.3) is 0 Å².